The molecule has 2 rings (SSSR count). The Bertz CT molecular complexity index is 649. The molecule has 1 amide bonds. The largest absolute Gasteiger partial charge is 0.370 e. The number of anilines is 2. The molecule has 2 N–H and O–H groups in total. The van der Waals surface area contributed by atoms with Crippen molar-refractivity contribution >= 4 is 29.0 Å². The van der Waals surface area contributed by atoms with Crippen molar-refractivity contribution in [2.24, 2.45) is 0 Å². The van der Waals surface area contributed by atoms with E-state index >= 15 is 0 Å². The van der Waals surface area contributed by atoms with Crippen molar-refractivity contribution in [2.45, 2.75) is 13.3 Å². The molecule has 4 nitrogen and oxygen atoms in total. The molecule has 21 heavy (non-hydrogen) atoms. The van der Waals surface area contributed by atoms with Crippen LogP contribution >= 0.6 is 11.6 Å². The van der Waals surface area contributed by atoms with Gasteiger partial charge >= 0.3 is 0 Å². The van der Waals surface area contributed by atoms with Crippen LogP contribution in [0.2, 0.25) is 5.02 Å². The van der Waals surface area contributed by atoms with E-state index in [0.29, 0.717) is 11.5 Å². The van der Waals surface area contributed by atoms with Crippen molar-refractivity contribution in [2.75, 3.05) is 17.2 Å². The first-order valence-electron chi connectivity index (χ1n) is 6.57. The normalized spacial score (nSPS) is 10.2. The number of pyridine rings is 1. The van der Waals surface area contributed by atoms with Gasteiger partial charge in [0.05, 0.1) is 5.02 Å². The van der Waals surface area contributed by atoms with Crippen molar-refractivity contribution in [3.63, 3.8) is 0 Å². The number of halogens is 2. The molecule has 1 aromatic heterocycles. The van der Waals surface area contributed by atoms with Crippen LogP contribution < -0.4 is 10.6 Å². The van der Waals surface area contributed by atoms with E-state index < -0.39 is 11.7 Å². The van der Waals surface area contributed by atoms with Crippen molar-refractivity contribution in [3.8, 4) is 0 Å². The molecule has 0 saturated carbocycles. The zero-order valence-electron chi connectivity index (χ0n) is 11.5. The van der Waals surface area contributed by atoms with Crippen molar-refractivity contribution in [1.82, 2.24) is 4.98 Å². The molecule has 1 heterocycles. The monoisotopic (exact) mass is 307 g/mol. The fraction of sp³-hybridized carbons (Fsp3) is 0.200. The van der Waals surface area contributed by atoms with E-state index in [1.54, 1.807) is 18.2 Å². The summed E-state index contributed by atoms with van der Waals surface area (Å²) in [6.07, 6.45) is 0.960. The second-order valence-corrected chi connectivity index (χ2v) is 4.83. The third-order valence-corrected chi connectivity index (χ3v) is 3.02. The Kier molecular flexibility index (Phi) is 5.11. The fourth-order valence-corrected chi connectivity index (χ4v) is 1.80. The van der Waals surface area contributed by atoms with Gasteiger partial charge in [0.2, 0.25) is 0 Å². The summed E-state index contributed by atoms with van der Waals surface area (Å²) < 4.78 is 13.3. The number of hydrogen-bond donors (Lipinski definition) is 2. The van der Waals surface area contributed by atoms with Crippen molar-refractivity contribution in [3.05, 3.63) is 52.9 Å². The van der Waals surface area contributed by atoms with Gasteiger partial charge < -0.3 is 10.6 Å². The highest BCUT2D eigenvalue weighted by molar-refractivity contribution is 6.30. The maximum Gasteiger partial charge on any atom is 0.274 e. The molecular weight excluding hydrogens is 293 g/mol. The molecule has 0 saturated heterocycles. The highest BCUT2D eigenvalue weighted by Crippen LogP contribution is 2.19. The van der Waals surface area contributed by atoms with Gasteiger partial charge in [0.25, 0.3) is 5.91 Å². The summed E-state index contributed by atoms with van der Waals surface area (Å²) in [5, 5.41) is 5.69. The number of rotatable bonds is 5. The number of carbonyl (C=O) groups is 1. The Hall–Kier alpha value is -2.14. The lowest BCUT2D eigenvalue weighted by Gasteiger charge is -2.08. The Morgan fingerprint density at radius 1 is 1.33 bits per heavy atom. The molecule has 0 unspecified atom stereocenters. The molecule has 1 aromatic carbocycles. The molecular formula is C15H15ClFN3O. The lowest BCUT2D eigenvalue weighted by Crippen LogP contribution is -2.15. The molecule has 0 aliphatic rings. The van der Waals surface area contributed by atoms with Crippen LogP contribution in [0.15, 0.2) is 36.4 Å². The third-order valence-electron chi connectivity index (χ3n) is 2.72. The van der Waals surface area contributed by atoms with Crippen LogP contribution in [0, 0.1) is 5.82 Å². The zero-order chi connectivity index (χ0) is 15.2. The molecule has 0 aliphatic carbocycles. The molecule has 0 fully saturated rings. The van der Waals surface area contributed by atoms with Gasteiger partial charge in [-0.1, -0.05) is 24.6 Å². The van der Waals surface area contributed by atoms with Gasteiger partial charge in [-0.15, -0.1) is 0 Å². The van der Waals surface area contributed by atoms with Crippen molar-refractivity contribution in [1.29, 1.82) is 0 Å². The van der Waals surface area contributed by atoms with Crippen LogP contribution in [0.3, 0.4) is 0 Å². The number of nitrogens with one attached hydrogen (secondary N) is 2. The van der Waals surface area contributed by atoms with E-state index in [9.17, 15) is 9.18 Å². The lowest BCUT2D eigenvalue weighted by molar-refractivity contribution is 0.102. The molecule has 0 spiro atoms. The van der Waals surface area contributed by atoms with Gasteiger partial charge in [0, 0.05) is 12.2 Å². The molecule has 2 aromatic rings. The third kappa shape index (κ3) is 4.16. The summed E-state index contributed by atoms with van der Waals surface area (Å²) in [6.45, 7) is 2.82. The van der Waals surface area contributed by atoms with E-state index in [1.165, 1.54) is 18.2 Å². The average Bonchev–Trinajstić information content (AvgIpc) is 2.49. The minimum Gasteiger partial charge on any atom is -0.370 e. The van der Waals surface area contributed by atoms with Gasteiger partial charge in [0.1, 0.15) is 17.3 Å². The van der Waals surface area contributed by atoms with E-state index in [4.69, 9.17) is 11.6 Å². The first-order chi connectivity index (χ1) is 10.1. The first-order valence-corrected chi connectivity index (χ1v) is 6.95. The molecule has 6 heteroatoms. The summed E-state index contributed by atoms with van der Waals surface area (Å²) in [4.78, 5) is 16.3. The molecule has 0 bridgehead atoms. The molecule has 0 atom stereocenters. The van der Waals surface area contributed by atoms with E-state index in [-0.39, 0.29) is 10.7 Å². The van der Waals surface area contributed by atoms with Gasteiger partial charge in [-0.05, 0) is 36.8 Å². The average molecular weight is 308 g/mol. The Morgan fingerprint density at radius 3 is 2.86 bits per heavy atom. The summed E-state index contributed by atoms with van der Waals surface area (Å²) in [5.41, 5.74) is 0.585. The lowest BCUT2D eigenvalue weighted by atomic mass is 10.2. The fourth-order valence-electron chi connectivity index (χ4n) is 1.68. The smallest absolute Gasteiger partial charge is 0.274 e. The van der Waals surface area contributed by atoms with Gasteiger partial charge in [-0.25, -0.2) is 9.37 Å². The predicted molar refractivity (Wildman–Crippen MR) is 82.4 cm³/mol. The Balaban J connectivity index is 2.10. The summed E-state index contributed by atoms with van der Waals surface area (Å²) in [6, 6.07) is 9.20. The van der Waals surface area contributed by atoms with E-state index in [0.717, 1.165) is 13.0 Å². The van der Waals surface area contributed by atoms with Crippen LogP contribution in [0.1, 0.15) is 23.8 Å². The number of hydrogen-bond acceptors (Lipinski definition) is 3. The van der Waals surface area contributed by atoms with Gasteiger partial charge in [0.15, 0.2) is 0 Å². The predicted octanol–water partition coefficient (Wildman–Crippen LogP) is 3.95. The van der Waals surface area contributed by atoms with Crippen LogP contribution in [0.25, 0.3) is 0 Å². The SMILES string of the molecule is CCCNc1cccc(C(=O)Nc2ccc(Cl)c(F)c2)n1. The second-order valence-electron chi connectivity index (χ2n) is 4.42. The van der Waals surface area contributed by atoms with Crippen molar-refractivity contribution < 1.29 is 9.18 Å². The number of nitrogens with zero attached hydrogens (tertiary/aromatic N) is 1. The second kappa shape index (κ2) is 7.04. The van der Waals surface area contributed by atoms with Crippen LogP contribution in [-0.4, -0.2) is 17.4 Å². The van der Waals surface area contributed by atoms with E-state index in [2.05, 4.69) is 15.6 Å². The van der Waals surface area contributed by atoms with Crippen LogP contribution in [0.4, 0.5) is 15.9 Å². The first kappa shape index (κ1) is 15.3. The maximum absolute atomic E-state index is 13.3. The quantitative estimate of drug-likeness (QED) is 0.879. The summed E-state index contributed by atoms with van der Waals surface area (Å²) >= 11 is 5.60. The minimum atomic E-state index is -0.583. The molecule has 0 radical (unpaired) electrons. The highest BCUT2D eigenvalue weighted by atomic mass is 35.5. The minimum absolute atomic E-state index is 0.0110. The standard InChI is InChI=1S/C15H15ClFN3O/c1-2-8-18-14-5-3-4-13(20-14)15(21)19-10-6-7-11(16)12(17)9-10/h3-7,9H,2,8H2,1H3,(H,18,20)(H,19,21). The van der Waals surface area contributed by atoms with Gasteiger partial charge in [-0.3, -0.25) is 4.79 Å². The summed E-state index contributed by atoms with van der Waals surface area (Å²) in [7, 11) is 0. The summed E-state index contributed by atoms with van der Waals surface area (Å²) in [5.74, 6) is -0.357. The maximum atomic E-state index is 13.3. The molecule has 0 aliphatic heterocycles. The zero-order valence-corrected chi connectivity index (χ0v) is 12.2. The van der Waals surface area contributed by atoms with Crippen LogP contribution in [-0.2, 0) is 0 Å². The Labute approximate surface area is 127 Å². The highest BCUT2D eigenvalue weighted by Gasteiger charge is 2.09. The topological polar surface area (TPSA) is 54.0 Å². The number of amides is 1. The number of carbonyl (C=O) groups excluding carboxylic acids is 1. The number of benzene rings is 1. The Morgan fingerprint density at radius 2 is 2.14 bits per heavy atom. The van der Waals surface area contributed by atoms with E-state index in [1.807, 2.05) is 6.92 Å². The molecule has 110 valence electrons. The number of aromatic nitrogens is 1. The van der Waals surface area contributed by atoms with Gasteiger partial charge in [-0.2, -0.15) is 0 Å². The van der Waals surface area contributed by atoms with Crippen LogP contribution in [0.5, 0.6) is 0 Å².